The van der Waals surface area contributed by atoms with Crippen LogP contribution in [0.3, 0.4) is 0 Å². The molecule has 0 aliphatic carbocycles. The third-order valence-corrected chi connectivity index (χ3v) is 4.65. The van der Waals surface area contributed by atoms with Gasteiger partial charge < -0.3 is 5.32 Å². The average Bonchev–Trinajstić information content (AvgIpc) is 3.03. The second kappa shape index (κ2) is 7.53. The number of aryl methyl sites for hydroxylation is 2. The summed E-state index contributed by atoms with van der Waals surface area (Å²) in [6, 6.07) is 11.9. The molecular weight excluding hydrogens is 337 g/mol. The fraction of sp³-hybridized carbons (Fsp3) is 0.158. The Balaban J connectivity index is 1.67. The average molecular weight is 355 g/mol. The molecule has 4 nitrogen and oxygen atoms in total. The summed E-state index contributed by atoms with van der Waals surface area (Å²) in [6.07, 6.45) is 3.61. The van der Waals surface area contributed by atoms with E-state index in [1.54, 1.807) is 6.20 Å². The van der Waals surface area contributed by atoms with E-state index in [0.717, 1.165) is 16.4 Å². The lowest BCUT2D eigenvalue weighted by molar-refractivity contribution is -0.113. The Morgan fingerprint density at radius 3 is 2.68 bits per heavy atom. The molecule has 1 amide bonds. The Kier molecular flexibility index (Phi) is 5.19. The minimum Gasteiger partial charge on any atom is -0.325 e. The number of benzene rings is 2. The van der Waals surface area contributed by atoms with Gasteiger partial charge in [0.1, 0.15) is 5.82 Å². The van der Waals surface area contributed by atoms with Crippen molar-refractivity contribution in [3.8, 4) is 5.69 Å². The second-order valence-electron chi connectivity index (χ2n) is 5.71. The zero-order valence-corrected chi connectivity index (χ0v) is 14.8. The van der Waals surface area contributed by atoms with Crippen molar-refractivity contribution in [2.45, 2.75) is 19.0 Å². The van der Waals surface area contributed by atoms with E-state index >= 15 is 0 Å². The van der Waals surface area contributed by atoms with Crippen LogP contribution >= 0.6 is 11.8 Å². The molecule has 0 aliphatic rings. The van der Waals surface area contributed by atoms with Crippen molar-refractivity contribution in [2.24, 2.45) is 0 Å². The molecule has 0 spiro atoms. The number of rotatable bonds is 5. The summed E-state index contributed by atoms with van der Waals surface area (Å²) in [5, 5.41) is 3.50. The molecule has 0 unspecified atom stereocenters. The maximum absolute atomic E-state index is 12.9. The van der Waals surface area contributed by atoms with Gasteiger partial charge >= 0.3 is 0 Å². The van der Waals surface area contributed by atoms with E-state index in [-0.39, 0.29) is 17.5 Å². The maximum Gasteiger partial charge on any atom is 0.234 e. The van der Waals surface area contributed by atoms with Crippen molar-refractivity contribution in [1.82, 2.24) is 9.55 Å². The number of amides is 1. The molecule has 3 rings (SSSR count). The van der Waals surface area contributed by atoms with Crippen LogP contribution in [0.4, 0.5) is 10.1 Å². The minimum atomic E-state index is -0.331. The predicted molar refractivity (Wildman–Crippen MR) is 98.8 cm³/mol. The molecule has 1 aromatic heterocycles. The van der Waals surface area contributed by atoms with Crippen LogP contribution in [-0.4, -0.2) is 21.2 Å². The summed E-state index contributed by atoms with van der Waals surface area (Å²) in [5.41, 5.74) is 3.97. The lowest BCUT2D eigenvalue weighted by atomic mass is 10.1. The number of halogens is 1. The van der Waals surface area contributed by atoms with Gasteiger partial charge in [-0.1, -0.05) is 29.5 Å². The highest BCUT2D eigenvalue weighted by molar-refractivity contribution is 7.99. The van der Waals surface area contributed by atoms with Gasteiger partial charge in [0, 0.05) is 18.1 Å². The number of anilines is 1. The molecule has 2 aromatic carbocycles. The van der Waals surface area contributed by atoms with E-state index in [1.807, 2.05) is 10.8 Å². The molecule has 0 atom stereocenters. The summed E-state index contributed by atoms with van der Waals surface area (Å²) in [5.74, 6) is -0.270. The lowest BCUT2D eigenvalue weighted by Crippen LogP contribution is -2.14. The third kappa shape index (κ3) is 4.28. The number of carbonyl (C=O) groups is 1. The molecule has 0 radical (unpaired) electrons. The normalized spacial score (nSPS) is 10.7. The van der Waals surface area contributed by atoms with E-state index in [0.29, 0.717) is 5.69 Å². The van der Waals surface area contributed by atoms with Gasteiger partial charge in [-0.15, -0.1) is 0 Å². The summed E-state index contributed by atoms with van der Waals surface area (Å²) in [6.45, 7) is 4.11. The molecule has 25 heavy (non-hydrogen) atoms. The zero-order chi connectivity index (χ0) is 17.8. The van der Waals surface area contributed by atoms with Crippen molar-refractivity contribution in [3.05, 3.63) is 71.8 Å². The Labute approximate surface area is 150 Å². The monoisotopic (exact) mass is 355 g/mol. The first-order chi connectivity index (χ1) is 12.0. The van der Waals surface area contributed by atoms with Gasteiger partial charge in [0.25, 0.3) is 0 Å². The van der Waals surface area contributed by atoms with Gasteiger partial charge in [-0.2, -0.15) is 0 Å². The van der Waals surface area contributed by atoms with Gasteiger partial charge in [0.15, 0.2) is 5.16 Å². The van der Waals surface area contributed by atoms with Crippen LogP contribution in [0.1, 0.15) is 11.1 Å². The van der Waals surface area contributed by atoms with Crippen LogP contribution in [0.25, 0.3) is 5.69 Å². The standard InChI is InChI=1S/C19H18FN3OS/c1-13-3-8-17(14(2)11-13)23-10-9-21-19(23)25-12-18(24)22-16-6-4-15(20)5-7-16/h3-11H,12H2,1-2H3,(H,22,24). The van der Waals surface area contributed by atoms with E-state index in [1.165, 1.54) is 41.6 Å². The van der Waals surface area contributed by atoms with E-state index < -0.39 is 0 Å². The molecule has 3 aromatic rings. The Morgan fingerprint density at radius 1 is 1.20 bits per heavy atom. The van der Waals surface area contributed by atoms with Crippen LogP contribution < -0.4 is 5.32 Å². The Hall–Kier alpha value is -2.60. The minimum absolute atomic E-state index is 0.160. The zero-order valence-electron chi connectivity index (χ0n) is 14.0. The first-order valence-electron chi connectivity index (χ1n) is 7.82. The number of imidazole rings is 1. The van der Waals surface area contributed by atoms with Crippen LogP contribution in [0.5, 0.6) is 0 Å². The summed E-state index contributed by atoms with van der Waals surface area (Å²) >= 11 is 1.36. The molecule has 1 heterocycles. The summed E-state index contributed by atoms with van der Waals surface area (Å²) < 4.78 is 14.9. The Bertz CT molecular complexity index is 890. The largest absolute Gasteiger partial charge is 0.325 e. The molecule has 1 N–H and O–H groups in total. The lowest BCUT2D eigenvalue weighted by Gasteiger charge is -2.11. The predicted octanol–water partition coefficient (Wildman–Crippen LogP) is 4.36. The highest BCUT2D eigenvalue weighted by Crippen LogP contribution is 2.23. The van der Waals surface area contributed by atoms with Crippen molar-refractivity contribution < 1.29 is 9.18 Å². The van der Waals surface area contributed by atoms with Gasteiger partial charge in [0.05, 0.1) is 11.4 Å². The van der Waals surface area contributed by atoms with Crippen molar-refractivity contribution in [3.63, 3.8) is 0 Å². The number of carbonyl (C=O) groups excluding carboxylic acids is 1. The van der Waals surface area contributed by atoms with Crippen LogP contribution in [0.2, 0.25) is 0 Å². The topological polar surface area (TPSA) is 46.9 Å². The molecule has 0 saturated heterocycles. The Morgan fingerprint density at radius 2 is 1.96 bits per heavy atom. The molecule has 128 valence electrons. The van der Waals surface area contributed by atoms with Crippen LogP contribution in [0.15, 0.2) is 60.0 Å². The number of thioether (sulfide) groups is 1. The van der Waals surface area contributed by atoms with Crippen LogP contribution in [0, 0.1) is 19.7 Å². The van der Waals surface area contributed by atoms with Crippen molar-refractivity contribution in [2.75, 3.05) is 11.1 Å². The number of aromatic nitrogens is 2. The molecule has 0 fully saturated rings. The smallest absolute Gasteiger partial charge is 0.234 e. The molecule has 6 heteroatoms. The van der Waals surface area contributed by atoms with Crippen LogP contribution in [-0.2, 0) is 4.79 Å². The van der Waals surface area contributed by atoms with E-state index in [4.69, 9.17) is 0 Å². The number of hydrogen-bond acceptors (Lipinski definition) is 3. The third-order valence-electron chi connectivity index (χ3n) is 3.68. The summed E-state index contributed by atoms with van der Waals surface area (Å²) in [7, 11) is 0. The molecule has 0 saturated carbocycles. The first kappa shape index (κ1) is 17.2. The highest BCUT2D eigenvalue weighted by atomic mass is 32.2. The summed E-state index contributed by atoms with van der Waals surface area (Å²) in [4.78, 5) is 16.4. The fourth-order valence-electron chi connectivity index (χ4n) is 2.52. The maximum atomic E-state index is 12.9. The quantitative estimate of drug-likeness (QED) is 0.692. The number of nitrogens with one attached hydrogen (secondary N) is 1. The number of hydrogen-bond donors (Lipinski definition) is 1. The molecule has 0 bridgehead atoms. The second-order valence-corrected chi connectivity index (χ2v) is 6.66. The molecule has 0 aliphatic heterocycles. The van der Waals surface area contributed by atoms with Gasteiger partial charge in [-0.25, -0.2) is 9.37 Å². The highest BCUT2D eigenvalue weighted by Gasteiger charge is 2.11. The first-order valence-corrected chi connectivity index (χ1v) is 8.81. The van der Waals surface area contributed by atoms with E-state index in [2.05, 4.69) is 42.3 Å². The van der Waals surface area contributed by atoms with E-state index in [9.17, 15) is 9.18 Å². The van der Waals surface area contributed by atoms with Gasteiger partial charge in [-0.3, -0.25) is 9.36 Å². The molecular formula is C19H18FN3OS. The van der Waals surface area contributed by atoms with Crippen molar-refractivity contribution >= 4 is 23.4 Å². The number of nitrogens with zero attached hydrogens (tertiary/aromatic N) is 2. The van der Waals surface area contributed by atoms with Gasteiger partial charge in [0.2, 0.25) is 5.91 Å². The van der Waals surface area contributed by atoms with Gasteiger partial charge in [-0.05, 0) is 49.7 Å². The fourth-order valence-corrected chi connectivity index (χ4v) is 3.28. The SMILES string of the molecule is Cc1ccc(-n2ccnc2SCC(=O)Nc2ccc(F)cc2)c(C)c1. The van der Waals surface area contributed by atoms with Crippen molar-refractivity contribution in [1.29, 1.82) is 0 Å².